The van der Waals surface area contributed by atoms with Crippen molar-refractivity contribution in [2.75, 3.05) is 58.3 Å². The summed E-state index contributed by atoms with van der Waals surface area (Å²) in [5.41, 5.74) is 1.64. The third-order valence-electron chi connectivity index (χ3n) is 11.1. The summed E-state index contributed by atoms with van der Waals surface area (Å²) in [5, 5.41) is 10.8. The Kier molecular flexibility index (Phi) is 13.5. The molecule has 2 fully saturated rings. The summed E-state index contributed by atoms with van der Waals surface area (Å²) in [4.78, 5) is 50.0. The van der Waals surface area contributed by atoms with Gasteiger partial charge in [-0.25, -0.2) is 22.6 Å². The van der Waals surface area contributed by atoms with Gasteiger partial charge in [-0.15, -0.1) is 0 Å². The smallest absolute Gasteiger partial charge is 0.410 e. The van der Waals surface area contributed by atoms with E-state index in [-0.39, 0.29) is 29.8 Å². The number of carbonyl (C=O) groups is 3. The molecule has 3 heterocycles. The van der Waals surface area contributed by atoms with Crippen LogP contribution < -0.4 is 4.90 Å². The molecule has 2 aromatic rings. The number of likely N-dealkylation sites (N-methyl/N-ethyl adjacent to an activating group) is 1. The van der Waals surface area contributed by atoms with Crippen LogP contribution >= 0.6 is 0 Å². The second-order valence-electron chi connectivity index (χ2n) is 15.3. The van der Waals surface area contributed by atoms with Crippen LogP contribution in [0.3, 0.4) is 0 Å². The molecule has 2 saturated heterocycles. The Morgan fingerprint density at radius 3 is 2.33 bits per heavy atom. The number of aliphatic hydroxyl groups is 1. The second-order valence-corrected chi connectivity index (χ2v) is 17.2. The number of ketones is 2. The topological polar surface area (TPSA) is 146 Å². The van der Waals surface area contributed by atoms with E-state index >= 15 is 4.39 Å². The van der Waals surface area contributed by atoms with Crippen molar-refractivity contribution in [3.8, 4) is 0 Å². The summed E-state index contributed by atoms with van der Waals surface area (Å²) in [6.07, 6.45) is 7.71. The van der Waals surface area contributed by atoms with E-state index in [2.05, 4.69) is 9.88 Å². The van der Waals surface area contributed by atoms with Gasteiger partial charge >= 0.3 is 6.09 Å². The van der Waals surface area contributed by atoms with Crippen molar-refractivity contribution in [1.82, 2.24) is 23.7 Å². The highest BCUT2D eigenvalue weighted by Crippen LogP contribution is 2.31. The number of Topliss-reactive ketones (excluding diaryl/α,β-unsaturated/α-hetero) is 2. The van der Waals surface area contributed by atoms with Crippen molar-refractivity contribution in [3.63, 3.8) is 0 Å². The second kappa shape index (κ2) is 17.7. The number of carbonyl (C=O) groups excluding carboxylic acids is 3. The van der Waals surface area contributed by atoms with Gasteiger partial charge in [0, 0.05) is 77.7 Å². The molecule has 13 nitrogen and oxygen atoms in total. The SMILES string of the molecule is C/C(=C\c1cc(F)cc(N(C)C2CCN(S(=O)(=O)c3cn(C)cn3)CC2)c1)[C@H]1C(=O)C(=O)C[C@H](O)CC[C@H](C)[C@@H](OC(=O)N2CCN(C)CC2)/C=C/[C@@H]1C. The van der Waals surface area contributed by atoms with E-state index < -0.39 is 57.5 Å². The first-order valence-corrected chi connectivity index (χ1v) is 20.2. The first kappa shape index (κ1) is 41.2. The molecule has 0 bridgehead atoms. The number of anilines is 1. The minimum Gasteiger partial charge on any atom is -0.442 e. The summed E-state index contributed by atoms with van der Waals surface area (Å²) in [5.74, 6) is -3.33. The number of hydrogen-bond donors (Lipinski definition) is 1. The number of aliphatic hydroxyl groups excluding tert-OH is 1. The predicted molar refractivity (Wildman–Crippen MR) is 204 cm³/mol. The van der Waals surface area contributed by atoms with Crippen LogP contribution in [0.15, 0.2) is 53.5 Å². The molecule has 1 aliphatic carbocycles. The normalized spacial score (nSPS) is 26.9. The summed E-state index contributed by atoms with van der Waals surface area (Å²) in [7, 11) is 1.85. The van der Waals surface area contributed by atoms with Crippen LogP contribution in [0, 0.1) is 23.6 Å². The molecule has 15 heteroatoms. The lowest BCUT2D eigenvalue weighted by Crippen LogP contribution is -2.48. The van der Waals surface area contributed by atoms with Gasteiger partial charge in [0.1, 0.15) is 11.9 Å². The quantitative estimate of drug-likeness (QED) is 0.322. The van der Waals surface area contributed by atoms with E-state index in [1.54, 1.807) is 35.6 Å². The number of nitrogens with zero attached hydrogens (tertiary/aromatic N) is 6. The highest BCUT2D eigenvalue weighted by molar-refractivity contribution is 7.89. The molecule has 0 unspecified atom stereocenters. The summed E-state index contributed by atoms with van der Waals surface area (Å²) in [6.45, 7) is 8.71. The van der Waals surface area contributed by atoms with E-state index in [0.29, 0.717) is 62.3 Å². The number of aromatic nitrogens is 2. The number of piperidine rings is 1. The number of sulfonamides is 1. The monoisotopic (exact) mass is 770 g/mol. The molecular formula is C39H55FN6O7S. The van der Waals surface area contributed by atoms with Crippen LogP contribution in [0.4, 0.5) is 14.9 Å². The maximum atomic E-state index is 15.2. The van der Waals surface area contributed by atoms with Crippen molar-refractivity contribution in [2.45, 2.75) is 76.2 Å². The number of ether oxygens (including phenoxy) is 1. The minimum atomic E-state index is -3.72. The first-order valence-electron chi connectivity index (χ1n) is 18.8. The van der Waals surface area contributed by atoms with Gasteiger partial charge in [-0.2, -0.15) is 4.31 Å². The van der Waals surface area contributed by atoms with Crippen LogP contribution in [-0.2, 0) is 31.4 Å². The zero-order chi connectivity index (χ0) is 39.3. The lowest BCUT2D eigenvalue weighted by Gasteiger charge is -2.37. The number of amides is 1. The average molecular weight is 771 g/mol. The standard InChI is InChI=1S/C39H55FN6O7S/c1-26-7-9-33(47)23-34(48)38(49)37(27(2)8-10-35(26)53-39(50)45-17-15-42(4)16-18-45)28(3)19-29-20-30(40)22-32(21-29)44(6)31-11-13-46(14-12-31)54(51,52)36-24-43(5)25-41-36/h8,10,19-22,24-27,31,33,35,37,47H,7,9,11-18,23H2,1-6H3/b10-8+,28-19+/t26-,27-,33+,35-,37-/m0/s1. The molecule has 1 amide bonds. The van der Waals surface area contributed by atoms with E-state index in [1.807, 2.05) is 45.0 Å². The Morgan fingerprint density at radius 1 is 1.00 bits per heavy atom. The van der Waals surface area contributed by atoms with Gasteiger partial charge in [-0.1, -0.05) is 31.6 Å². The van der Waals surface area contributed by atoms with Crippen molar-refractivity contribution in [2.24, 2.45) is 24.8 Å². The number of piperazine rings is 1. The van der Waals surface area contributed by atoms with E-state index in [9.17, 15) is 27.9 Å². The van der Waals surface area contributed by atoms with Gasteiger partial charge in [0.15, 0.2) is 5.03 Å². The summed E-state index contributed by atoms with van der Waals surface area (Å²) >= 11 is 0. The molecule has 0 radical (unpaired) electrons. The van der Waals surface area contributed by atoms with Crippen molar-refractivity contribution < 1.29 is 37.0 Å². The highest BCUT2D eigenvalue weighted by atomic mass is 32.2. The molecule has 296 valence electrons. The number of halogens is 1. The minimum absolute atomic E-state index is 0.00968. The van der Waals surface area contributed by atoms with Gasteiger partial charge < -0.3 is 29.1 Å². The Balaban J connectivity index is 1.34. The number of imidazole rings is 1. The largest absolute Gasteiger partial charge is 0.442 e. The van der Waals surface area contributed by atoms with Gasteiger partial charge in [-0.3, -0.25) is 9.59 Å². The third kappa shape index (κ3) is 10.0. The molecule has 3 aliphatic rings. The number of allylic oxidation sites excluding steroid dienone is 2. The Hall–Kier alpha value is -3.92. The van der Waals surface area contributed by atoms with Crippen LogP contribution in [0.1, 0.15) is 58.4 Å². The maximum absolute atomic E-state index is 15.2. The number of aryl methyl sites for hydroxylation is 1. The average Bonchev–Trinajstić information content (AvgIpc) is 3.58. The third-order valence-corrected chi connectivity index (χ3v) is 12.9. The summed E-state index contributed by atoms with van der Waals surface area (Å²) in [6, 6.07) is 4.55. The fraction of sp³-hybridized carbons (Fsp3) is 0.590. The molecule has 1 N–H and O–H groups in total. The van der Waals surface area contributed by atoms with Crippen LogP contribution in [0.5, 0.6) is 0 Å². The molecule has 5 rings (SSSR count). The predicted octanol–water partition coefficient (Wildman–Crippen LogP) is 4.13. The highest BCUT2D eigenvalue weighted by Gasteiger charge is 2.35. The van der Waals surface area contributed by atoms with E-state index in [4.69, 9.17) is 4.74 Å². The van der Waals surface area contributed by atoms with Gasteiger partial charge in [0.05, 0.1) is 18.3 Å². The lowest BCUT2D eigenvalue weighted by atomic mass is 9.79. The number of benzene rings is 1. The van der Waals surface area contributed by atoms with Crippen molar-refractivity contribution in [1.29, 1.82) is 0 Å². The molecular weight excluding hydrogens is 716 g/mol. The molecule has 54 heavy (non-hydrogen) atoms. The van der Waals surface area contributed by atoms with Gasteiger partial charge in [0.25, 0.3) is 10.0 Å². The lowest BCUT2D eigenvalue weighted by molar-refractivity contribution is -0.140. The Bertz CT molecular complexity index is 1830. The number of hydrogen-bond acceptors (Lipinski definition) is 10. The molecule has 1 aromatic carbocycles. The van der Waals surface area contributed by atoms with E-state index in [0.717, 1.165) is 13.1 Å². The zero-order valence-corrected chi connectivity index (χ0v) is 33.0. The molecule has 1 aromatic heterocycles. The van der Waals surface area contributed by atoms with Crippen molar-refractivity contribution in [3.05, 3.63) is 59.8 Å². The Labute approximate surface area is 318 Å². The number of rotatable bonds is 7. The van der Waals surface area contributed by atoms with E-state index in [1.165, 1.54) is 29.0 Å². The maximum Gasteiger partial charge on any atom is 0.410 e. The van der Waals surface area contributed by atoms with Gasteiger partial charge in [-0.05, 0) is 81.3 Å². The Morgan fingerprint density at radius 2 is 1.69 bits per heavy atom. The zero-order valence-electron chi connectivity index (χ0n) is 32.2. The molecule has 2 aliphatic heterocycles. The molecule has 0 saturated carbocycles. The molecule has 5 atom stereocenters. The summed E-state index contributed by atoms with van der Waals surface area (Å²) < 4.78 is 50.4. The molecule has 0 spiro atoms. The van der Waals surface area contributed by atoms with Crippen LogP contribution in [0.2, 0.25) is 0 Å². The fourth-order valence-corrected chi connectivity index (χ4v) is 9.00. The first-order chi connectivity index (χ1) is 25.5. The fourth-order valence-electron chi connectivity index (χ4n) is 7.56. The van der Waals surface area contributed by atoms with Gasteiger partial charge in [0.2, 0.25) is 11.6 Å². The van der Waals surface area contributed by atoms with Crippen LogP contribution in [0.25, 0.3) is 6.08 Å². The van der Waals surface area contributed by atoms with Crippen molar-refractivity contribution >= 4 is 39.4 Å². The van der Waals surface area contributed by atoms with Crippen LogP contribution in [-0.4, -0.2) is 126 Å².